The van der Waals surface area contributed by atoms with Gasteiger partial charge in [-0.25, -0.2) is 4.98 Å². The molecule has 1 aliphatic heterocycles. The molecule has 6 aromatic rings. The summed E-state index contributed by atoms with van der Waals surface area (Å²) >= 11 is 3.70. The van der Waals surface area contributed by atoms with E-state index < -0.39 is 25.7 Å². The minimum absolute atomic E-state index is 0. The molecule has 0 bridgehead atoms. The van der Waals surface area contributed by atoms with Gasteiger partial charge in [-0.15, -0.1) is 5.70 Å². The van der Waals surface area contributed by atoms with Gasteiger partial charge in [-0.05, 0) is 52.8 Å². The fourth-order valence-electron chi connectivity index (χ4n) is 6.18. The summed E-state index contributed by atoms with van der Waals surface area (Å²) in [6, 6.07) is 28.7. The van der Waals surface area contributed by atoms with Gasteiger partial charge in [0.15, 0.2) is 0 Å². The molecule has 14 nitrogen and oxygen atoms in total. The molecule has 0 amide bonds. The van der Waals surface area contributed by atoms with Crippen molar-refractivity contribution in [2.24, 2.45) is 0 Å². The molecule has 0 saturated heterocycles. The smallest absolute Gasteiger partial charge is 0.753 e. The summed E-state index contributed by atoms with van der Waals surface area (Å²) in [5, 5.41) is 18.1. The van der Waals surface area contributed by atoms with Crippen molar-refractivity contribution in [3.05, 3.63) is 139 Å². The van der Waals surface area contributed by atoms with E-state index in [1.165, 1.54) is 70.4 Å². The number of hydrogen-bond acceptors (Lipinski definition) is 13. The van der Waals surface area contributed by atoms with Crippen LogP contribution in [0.1, 0.15) is 5.69 Å². The van der Waals surface area contributed by atoms with Crippen LogP contribution in [0.5, 0.6) is 17.2 Å². The number of carbonyl (C=O) groups is 3. The Morgan fingerprint density at radius 1 is 0.758 bits per heavy atom. The summed E-state index contributed by atoms with van der Waals surface area (Å²) in [5.41, 5.74) is 10.3. The second kappa shape index (κ2) is 21.4. The Morgan fingerprint density at radius 2 is 1.21 bits per heavy atom. The van der Waals surface area contributed by atoms with Crippen molar-refractivity contribution in [2.75, 3.05) is 4.90 Å². The molecular formula is C42H31F3N8O6RuSSi. The summed E-state index contributed by atoms with van der Waals surface area (Å²) < 4.78 is 52.3. The molecule has 0 unspecified atom stereocenters. The number of carbonyl (C=O) groups excluding carboxylic acids is 3. The average molecular weight is 962 g/mol. The van der Waals surface area contributed by atoms with Crippen LogP contribution in [0.15, 0.2) is 122 Å². The van der Waals surface area contributed by atoms with Gasteiger partial charge in [0.2, 0.25) is 0 Å². The topological polar surface area (TPSA) is 204 Å². The van der Waals surface area contributed by atoms with E-state index in [1.54, 1.807) is 12.3 Å². The third-order valence-electron chi connectivity index (χ3n) is 8.85. The number of benzene rings is 2. The average Bonchev–Trinajstić information content (AvgIpc) is 3.25. The number of halogens is 3. The van der Waals surface area contributed by atoms with E-state index in [0.29, 0.717) is 41.8 Å². The maximum atomic E-state index is 12.6. The van der Waals surface area contributed by atoms with Crippen LogP contribution >= 0.6 is 12.2 Å². The first-order chi connectivity index (χ1) is 29.2. The van der Waals surface area contributed by atoms with Crippen molar-refractivity contribution in [2.45, 2.75) is 19.3 Å². The molecule has 5 heterocycles. The van der Waals surface area contributed by atoms with Gasteiger partial charge in [0.05, 0.1) is 34.7 Å². The van der Waals surface area contributed by atoms with E-state index in [-0.39, 0.29) is 48.9 Å². The van der Waals surface area contributed by atoms with Gasteiger partial charge in [0.25, 0.3) is 19.4 Å². The van der Waals surface area contributed by atoms with Crippen molar-refractivity contribution in [3.8, 4) is 40.0 Å². The van der Waals surface area contributed by atoms with Crippen LogP contribution in [-0.2, 0) is 33.9 Å². The van der Waals surface area contributed by atoms with Crippen molar-refractivity contribution in [3.63, 3.8) is 0 Å². The number of alkyl halides is 3. The third kappa shape index (κ3) is 11.4. The second-order valence-electron chi connectivity index (χ2n) is 12.9. The molecule has 1 aliphatic rings. The molecule has 2 aromatic carbocycles. The van der Waals surface area contributed by atoms with Crippen LogP contribution in [0.2, 0.25) is 13.1 Å². The van der Waals surface area contributed by atoms with E-state index in [4.69, 9.17) is 30.8 Å². The molecule has 0 aliphatic carbocycles. The first-order valence-electron chi connectivity index (χ1n) is 17.6. The van der Waals surface area contributed by atoms with Gasteiger partial charge < -0.3 is 30.3 Å². The molecule has 0 saturated carbocycles. The maximum absolute atomic E-state index is 12.6. The number of pyridine rings is 4. The molecule has 4 aromatic heterocycles. The number of isothiocyanates is 1. The Kier molecular flexibility index (Phi) is 16.4. The predicted octanol–water partition coefficient (Wildman–Crippen LogP) is 8.13. The van der Waals surface area contributed by atoms with Crippen LogP contribution in [0.3, 0.4) is 0 Å². The zero-order valence-electron chi connectivity index (χ0n) is 32.3. The normalized spacial score (nSPS) is 12.1. The molecule has 2 N–H and O–H groups in total. The Hall–Kier alpha value is -7.11. The van der Waals surface area contributed by atoms with Gasteiger partial charge in [0.1, 0.15) is 31.0 Å². The summed E-state index contributed by atoms with van der Waals surface area (Å²) in [5.74, 6) is 0.760. The number of allylic oxidation sites excluding steroid dienone is 1. The largest absolute Gasteiger partial charge is 2.00 e. The number of nitrogens with one attached hydrogen (secondary N) is 2. The summed E-state index contributed by atoms with van der Waals surface area (Å²) in [7, 11) is -1.90. The maximum Gasteiger partial charge on any atom is 2.00 e. The van der Waals surface area contributed by atoms with Gasteiger partial charge >= 0.3 is 25.7 Å². The Balaban J connectivity index is 0.000000255. The summed E-state index contributed by atoms with van der Waals surface area (Å²) in [4.78, 5) is 50.9. The molecular weight excluding hydrogens is 931 g/mol. The molecule has 0 spiro atoms. The van der Waals surface area contributed by atoms with Crippen molar-refractivity contribution in [1.29, 1.82) is 5.41 Å². The van der Waals surface area contributed by atoms with Crippen LogP contribution in [0.4, 0.5) is 30.2 Å². The van der Waals surface area contributed by atoms with Crippen LogP contribution in [0.25, 0.3) is 39.6 Å². The number of rotatable bonds is 11. The Bertz CT molecular complexity index is 2530. The van der Waals surface area contributed by atoms with Crippen LogP contribution < -0.4 is 29.5 Å². The first kappa shape index (κ1) is 47.6. The monoisotopic (exact) mass is 962 g/mol. The standard InChI is InChI=1S/C23H20F3N4Si.C18H11N3O6.CNS.Ru/c1-31(2)20-9-5-3-7-18(20)30(19-8-4-6-10-21(19)31)15-11-12-17(29-14-15)16(27)13-22(28)23(24,25)26;22-9-25-12-1-3-19-15(5-12)17-7-14(27-11-24)8-18(21-17)16-6-13(26-10-23)2-4-20-16;2-1-3;/h3-14,27-28H,1-2H3;1-11H;;/q-1;;-1;+2/b16-13-,28-22?;;;. The van der Waals surface area contributed by atoms with Gasteiger partial charge in [-0.3, -0.25) is 34.7 Å². The number of nitrogens with zero attached hydrogens (tertiary/aromatic N) is 6. The zero-order chi connectivity index (χ0) is 44.2. The number of aromatic nitrogens is 4. The number of anilines is 3. The molecule has 314 valence electrons. The van der Waals surface area contributed by atoms with Gasteiger partial charge in [0, 0.05) is 53.7 Å². The van der Waals surface area contributed by atoms with Crippen LogP contribution in [-0.4, -0.2) is 64.5 Å². The van der Waals surface area contributed by atoms with E-state index in [2.05, 4.69) is 74.4 Å². The fraction of sp³-hybridized carbons (Fsp3) is 0.0714. The van der Waals surface area contributed by atoms with Gasteiger partial charge in [-0.2, -0.15) is 18.3 Å². The molecule has 0 fully saturated rings. The quantitative estimate of drug-likeness (QED) is 0.0566. The number of para-hydroxylation sites is 2. The van der Waals surface area contributed by atoms with Crippen LogP contribution in [0, 0.1) is 5.41 Å². The second-order valence-corrected chi connectivity index (χ2v) is 17.4. The summed E-state index contributed by atoms with van der Waals surface area (Å²) in [6.07, 6.45) is 0.132. The number of hydrogen-bond donors (Lipinski definition) is 1. The molecule has 7 rings (SSSR count). The number of fused-ring (bicyclic) bond motifs is 2. The minimum Gasteiger partial charge on any atom is -0.753 e. The van der Waals surface area contributed by atoms with E-state index in [1.807, 2.05) is 24.3 Å². The van der Waals surface area contributed by atoms with E-state index in [0.717, 1.165) is 17.1 Å². The minimum atomic E-state index is -4.79. The molecule has 20 heteroatoms. The van der Waals surface area contributed by atoms with E-state index >= 15 is 0 Å². The predicted molar refractivity (Wildman–Crippen MR) is 228 cm³/mol. The molecule has 0 radical (unpaired) electrons. The fourth-order valence-corrected chi connectivity index (χ4v) is 9.16. The molecule has 62 heavy (non-hydrogen) atoms. The SMILES string of the molecule is C[Si]1(C)c2ccccc2N(c2ccc(/C([NH-])=C/C(=N)C(F)(F)F)nc2)c2ccccc21.O=COc1ccnc(-c2cc(OC=O)cc(-c3cc(OC=O)ccn3)n2)c1.[N-]=C=S.[Ru+2]. The Labute approximate surface area is 371 Å². The van der Waals surface area contributed by atoms with E-state index in [9.17, 15) is 27.6 Å². The van der Waals surface area contributed by atoms with Crippen molar-refractivity contribution >= 4 is 83.7 Å². The zero-order valence-corrected chi connectivity index (χ0v) is 35.9. The molecule has 0 atom stereocenters. The van der Waals surface area contributed by atoms with Crippen molar-refractivity contribution < 1.29 is 61.2 Å². The first-order valence-corrected chi connectivity index (χ1v) is 21.0. The van der Waals surface area contributed by atoms with Crippen molar-refractivity contribution in [1.82, 2.24) is 19.9 Å². The third-order valence-corrected chi connectivity index (χ3v) is 12.4. The Morgan fingerprint density at radius 3 is 1.65 bits per heavy atom. The number of thiocarbonyl (C=S) groups is 1. The number of ether oxygens (including phenoxy) is 3. The summed E-state index contributed by atoms with van der Waals surface area (Å²) in [6.45, 7) is 5.51. The van der Waals surface area contributed by atoms with Gasteiger partial charge in [-0.1, -0.05) is 61.7 Å².